The maximum Gasteiger partial charge on any atom is 0.0235 e. The zero-order valence-corrected chi connectivity index (χ0v) is 11.1. The monoisotopic (exact) mass is 225 g/mol. The van der Waals surface area contributed by atoms with Crippen molar-refractivity contribution in [2.75, 3.05) is 40.3 Å². The fraction of sp³-hybridized carbons (Fsp3) is 1.00. The SMILES string of the molecule is CC1CC(N(C)CC2CCNCC2)CN1C. The Morgan fingerprint density at radius 1 is 1.31 bits per heavy atom. The van der Waals surface area contributed by atoms with Crippen LogP contribution in [0.3, 0.4) is 0 Å². The topological polar surface area (TPSA) is 18.5 Å². The smallest absolute Gasteiger partial charge is 0.0235 e. The van der Waals surface area contributed by atoms with Crippen molar-refractivity contribution in [2.24, 2.45) is 5.92 Å². The molecule has 2 heterocycles. The summed E-state index contributed by atoms with van der Waals surface area (Å²) in [6.07, 6.45) is 4.07. The summed E-state index contributed by atoms with van der Waals surface area (Å²) in [6.45, 7) is 7.34. The Morgan fingerprint density at radius 2 is 2.00 bits per heavy atom. The highest BCUT2D eigenvalue weighted by Gasteiger charge is 2.29. The van der Waals surface area contributed by atoms with E-state index in [0.29, 0.717) is 0 Å². The molecule has 0 spiro atoms. The third-order valence-corrected chi connectivity index (χ3v) is 4.49. The van der Waals surface area contributed by atoms with E-state index in [-0.39, 0.29) is 0 Å². The number of hydrogen-bond acceptors (Lipinski definition) is 3. The van der Waals surface area contributed by atoms with Gasteiger partial charge in [0.2, 0.25) is 0 Å². The van der Waals surface area contributed by atoms with E-state index in [1.165, 1.54) is 45.4 Å². The Balaban J connectivity index is 1.76. The van der Waals surface area contributed by atoms with Crippen molar-refractivity contribution >= 4 is 0 Å². The zero-order chi connectivity index (χ0) is 11.5. The fourth-order valence-electron chi connectivity index (χ4n) is 3.10. The van der Waals surface area contributed by atoms with Crippen LogP contribution in [0, 0.1) is 5.92 Å². The van der Waals surface area contributed by atoms with Gasteiger partial charge in [-0.05, 0) is 59.3 Å². The van der Waals surface area contributed by atoms with Gasteiger partial charge < -0.3 is 15.1 Å². The standard InChI is InChI=1S/C13H27N3/c1-11-8-13(10-15(11)2)16(3)9-12-4-6-14-7-5-12/h11-14H,4-10H2,1-3H3. The van der Waals surface area contributed by atoms with Gasteiger partial charge in [0.1, 0.15) is 0 Å². The van der Waals surface area contributed by atoms with Gasteiger partial charge in [0.25, 0.3) is 0 Å². The normalized spacial score (nSPS) is 33.8. The number of likely N-dealkylation sites (tertiary alicyclic amines) is 1. The first-order valence-corrected chi connectivity index (χ1v) is 6.78. The van der Waals surface area contributed by atoms with Crippen molar-refractivity contribution in [3.63, 3.8) is 0 Å². The highest BCUT2D eigenvalue weighted by atomic mass is 15.2. The van der Waals surface area contributed by atoms with Crippen molar-refractivity contribution in [3.05, 3.63) is 0 Å². The lowest BCUT2D eigenvalue weighted by atomic mass is 9.97. The number of rotatable bonds is 3. The summed E-state index contributed by atoms with van der Waals surface area (Å²) in [5, 5.41) is 3.44. The van der Waals surface area contributed by atoms with E-state index in [1.54, 1.807) is 0 Å². The minimum Gasteiger partial charge on any atom is -0.317 e. The largest absolute Gasteiger partial charge is 0.317 e. The molecule has 3 nitrogen and oxygen atoms in total. The predicted molar refractivity (Wildman–Crippen MR) is 68.7 cm³/mol. The summed E-state index contributed by atoms with van der Waals surface area (Å²) >= 11 is 0. The number of nitrogens with zero attached hydrogens (tertiary/aromatic N) is 2. The van der Waals surface area contributed by atoms with E-state index >= 15 is 0 Å². The van der Waals surface area contributed by atoms with Crippen LogP contribution < -0.4 is 5.32 Å². The molecule has 2 aliphatic rings. The van der Waals surface area contributed by atoms with Gasteiger partial charge in [-0.3, -0.25) is 0 Å². The first kappa shape index (κ1) is 12.3. The summed E-state index contributed by atoms with van der Waals surface area (Å²) < 4.78 is 0. The van der Waals surface area contributed by atoms with Gasteiger partial charge in [0.15, 0.2) is 0 Å². The molecule has 0 aromatic rings. The summed E-state index contributed by atoms with van der Waals surface area (Å²) in [5.74, 6) is 0.924. The molecule has 2 aliphatic heterocycles. The minimum absolute atomic E-state index is 0.764. The van der Waals surface area contributed by atoms with Crippen molar-refractivity contribution in [1.82, 2.24) is 15.1 Å². The Morgan fingerprint density at radius 3 is 2.56 bits per heavy atom. The summed E-state index contributed by atoms with van der Waals surface area (Å²) in [4.78, 5) is 5.10. The second-order valence-electron chi connectivity index (χ2n) is 5.81. The third kappa shape index (κ3) is 2.96. The molecule has 3 heteroatoms. The molecule has 2 saturated heterocycles. The first-order chi connectivity index (χ1) is 7.66. The van der Waals surface area contributed by atoms with Crippen molar-refractivity contribution < 1.29 is 0 Å². The molecule has 2 fully saturated rings. The molecule has 0 aromatic carbocycles. The molecule has 2 rings (SSSR count). The second kappa shape index (κ2) is 5.48. The van der Waals surface area contributed by atoms with Gasteiger partial charge in [-0.1, -0.05) is 0 Å². The lowest BCUT2D eigenvalue weighted by molar-refractivity contribution is 0.187. The number of likely N-dealkylation sites (N-methyl/N-ethyl adjacent to an activating group) is 2. The average Bonchev–Trinajstić information content (AvgIpc) is 2.61. The first-order valence-electron chi connectivity index (χ1n) is 6.78. The van der Waals surface area contributed by atoms with Gasteiger partial charge in [0, 0.05) is 25.2 Å². The molecule has 0 bridgehead atoms. The van der Waals surface area contributed by atoms with Gasteiger partial charge in [-0.2, -0.15) is 0 Å². The lowest BCUT2D eigenvalue weighted by Gasteiger charge is -2.31. The highest BCUT2D eigenvalue weighted by Crippen LogP contribution is 2.21. The molecule has 0 amide bonds. The molecule has 0 aromatic heterocycles. The highest BCUT2D eigenvalue weighted by molar-refractivity contribution is 4.86. The molecule has 0 radical (unpaired) electrons. The van der Waals surface area contributed by atoms with E-state index in [2.05, 4.69) is 36.1 Å². The summed E-state index contributed by atoms with van der Waals surface area (Å²) in [5.41, 5.74) is 0. The van der Waals surface area contributed by atoms with E-state index in [1.807, 2.05) is 0 Å². The van der Waals surface area contributed by atoms with E-state index in [0.717, 1.165) is 18.0 Å². The van der Waals surface area contributed by atoms with Gasteiger partial charge in [0.05, 0.1) is 0 Å². The van der Waals surface area contributed by atoms with Gasteiger partial charge >= 0.3 is 0 Å². The number of nitrogens with one attached hydrogen (secondary N) is 1. The van der Waals surface area contributed by atoms with Crippen LogP contribution in [0.2, 0.25) is 0 Å². The van der Waals surface area contributed by atoms with E-state index < -0.39 is 0 Å². The maximum absolute atomic E-state index is 3.44. The average molecular weight is 225 g/mol. The Kier molecular flexibility index (Phi) is 4.22. The van der Waals surface area contributed by atoms with E-state index in [9.17, 15) is 0 Å². The van der Waals surface area contributed by atoms with Crippen LogP contribution >= 0.6 is 0 Å². The van der Waals surface area contributed by atoms with Crippen LogP contribution in [0.15, 0.2) is 0 Å². The molecule has 1 N–H and O–H groups in total. The van der Waals surface area contributed by atoms with Crippen molar-refractivity contribution in [2.45, 2.75) is 38.3 Å². The Bertz CT molecular complexity index is 203. The summed E-state index contributed by atoms with van der Waals surface area (Å²) in [7, 11) is 4.57. The molecular formula is C13H27N3. The molecule has 0 aliphatic carbocycles. The second-order valence-corrected chi connectivity index (χ2v) is 5.81. The maximum atomic E-state index is 3.44. The van der Waals surface area contributed by atoms with Crippen LogP contribution in [0.1, 0.15) is 26.2 Å². The Hall–Kier alpha value is -0.120. The molecule has 2 atom stereocenters. The van der Waals surface area contributed by atoms with Gasteiger partial charge in [-0.25, -0.2) is 0 Å². The molecule has 16 heavy (non-hydrogen) atoms. The molecular weight excluding hydrogens is 198 g/mol. The van der Waals surface area contributed by atoms with E-state index in [4.69, 9.17) is 0 Å². The number of piperidine rings is 1. The molecule has 0 saturated carbocycles. The fourth-order valence-corrected chi connectivity index (χ4v) is 3.10. The summed E-state index contributed by atoms with van der Waals surface area (Å²) in [6, 6.07) is 1.55. The molecule has 2 unspecified atom stereocenters. The van der Waals surface area contributed by atoms with Crippen LogP contribution in [0.4, 0.5) is 0 Å². The predicted octanol–water partition coefficient (Wildman–Crippen LogP) is 1.01. The quantitative estimate of drug-likeness (QED) is 0.773. The van der Waals surface area contributed by atoms with Crippen molar-refractivity contribution in [3.8, 4) is 0 Å². The van der Waals surface area contributed by atoms with Crippen LogP contribution in [0.25, 0.3) is 0 Å². The zero-order valence-electron chi connectivity index (χ0n) is 11.1. The lowest BCUT2D eigenvalue weighted by Crippen LogP contribution is -2.40. The van der Waals surface area contributed by atoms with Crippen LogP contribution in [-0.4, -0.2) is 62.2 Å². The third-order valence-electron chi connectivity index (χ3n) is 4.49. The Labute approximate surface area is 100 Å². The van der Waals surface area contributed by atoms with Crippen LogP contribution in [-0.2, 0) is 0 Å². The van der Waals surface area contributed by atoms with Gasteiger partial charge in [-0.15, -0.1) is 0 Å². The van der Waals surface area contributed by atoms with Crippen LogP contribution in [0.5, 0.6) is 0 Å². The van der Waals surface area contributed by atoms with Crippen molar-refractivity contribution in [1.29, 1.82) is 0 Å². The molecule has 94 valence electrons. The number of hydrogen-bond donors (Lipinski definition) is 1. The minimum atomic E-state index is 0.764.